The third-order valence-electron chi connectivity index (χ3n) is 4.02. The van der Waals surface area contributed by atoms with Crippen LogP contribution in [0, 0.1) is 0 Å². The van der Waals surface area contributed by atoms with Gasteiger partial charge in [-0.15, -0.1) is 0 Å². The Balaban J connectivity index is 2.04. The molecule has 1 aliphatic heterocycles. The Morgan fingerprint density at radius 2 is 2.05 bits per heavy atom. The number of rotatable bonds is 1. The molecule has 2 aromatic heterocycles. The fraction of sp³-hybridized carbons (Fsp3) is 0.188. The number of aromatic amines is 1. The van der Waals surface area contributed by atoms with Gasteiger partial charge in [0, 0.05) is 28.8 Å². The molecule has 4 nitrogen and oxygen atoms in total. The topological polar surface area (TPSA) is 53.9 Å². The van der Waals surface area contributed by atoms with Gasteiger partial charge in [-0.05, 0) is 23.8 Å². The molecule has 20 heavy (non-hydrogen) atoms. The van der Waals surface area contributed by atoms with E-state index in [1.807, 2.05) is 24.7 Å². The fourth-order valence-electron chi connectivity index (χ4n) is 2.95. The first-order valence-electron chi connectivity index (χ1n) is 6.64. The molecule has 1 aromatic carbocycles. The molecule has 4 rings (SSSR count). The summed E-state index contributed by atoms with van der Waals surface area (Å²) in [5.74, 6) is 0. The van der Waals surface area contributed by atoms with Crippen LogP contribution in [0.2, 0.25) is 0 Å². The molecule has 0 saturated carbocycles. The van der Waals surface area contributed by atoms with Crippen LogP contribution >= 0.6 is 0 Å². The van der Waals surface area contributed by atoms with Gasteiger partial charge in [0.15, 0.2) is 0 Å². The van der Waals surface area contributed by atoms with Crippen molar-refractivity contribution in [1.82, 2.24) is 15.2 Å². The van der Waals surface area contributed by atoms with Gasteiger partial charge in [0.2, 0.25) is 0 Å². The van der Waals surface area contributed by atoms with Gasteiger partial charge in [-0.3, -0.25) is 15.1 Å². The first kappa shape index (κ1) is 11.3. The number of nitrogens with zero attached hydrogens (tertiary/aromatic N) is 3. The van der Waals surface area contributed by atoms with Crippen LogP contribution in [0.25, 0.3) is 10.9 Å². The summed E-state index contributed by atoms with van der Waals surface area (Å²) >= 11 is 0. The molecule has 1 N–H and O–H groups in total. The molecule has 0 atom stereocenters. The molecule has 4 heteroatoms. The Morgan fingerprint density at radius 1 is 1.15 bits per heavy atom. The van der Waals surface area contributed by atoms with Crippen LogP contribution in [0.15, 0.2) is 47.8 Å². The van der Waals surface area contributed by atoms with Gasteiger partial charge in [-0.2, -0.15) is 5.10 Å². The second kappa shape index (κ2) is 3.76. The van der Waals surface area contributed by atoms with Crippen molar-refractivity contribution in [3.63, 3.8) is 0 Å². The first-order valence-corrected chi connectivity index (χ1v) is 6.64. The zero-order chi connectivity index (χ0) is 13.7. The Bertz CT molecular complexity index is 829. The largest absolute Gasteiger partial charge is 0.285 e. The van der Waals surface area contributed by atoms with E-state index in [2.05, 4.69) is 47.2 Å². The number of pyridine rings is 1. The highest BCUT2D eigenvalue weighted by molar-refractivity contribution is 6.15. The number of hydrogen-bond acceptors (Lipinski definition) is 3. The summed E-state index contributed by atoms with van der Waals surface area (Å²) in [7, 11) is 0. The second-order valence-electron chi connectivity index (χ2n) is 5.60. The Kier molecular flexibility index (Phi) is 2.13. The third kappa shape index (κ3) is 1.39. The fourth-order valence-corrected chi connectivity index (χ4v) is 2.95. The number of fused-ring (bicyclic) bond motifs is 3. The average Bonchev–Trinajstić information content (AvgIpc) is 3.05. The molecule has 1 aliphatic rings. The zero-order valence-corrected chi connectivity index (χ0v) is 11.4. The summed E-state index contributed by atoms with van der Waals surface area (Å²) in [5.41, 5.74) is 5.24. The Hall–Kier alpha value is -2.49. The first-order chi connectivity index (χ1) is 9.68. The van der Waals surface area contributed by atoms with Crippen LogP contribution in [-0.2, 0) is 5.41 Å². The lowest BCUT2D eigenvalue weighted by molar-refractivity contribution is 0.738. The minimum absolute atomic E-state index is 0.122. The van der Waals surface area contributed by atoms with Crippen molar-refractivity contribution in [3.8, 4) is 0 Å². The third-order valence-corrected chi connectivity index (χ3v) is 4.02. The molecular formula is C16H14N4. The molecule has 0 radical (unpaired) electrons. The van der Waals surface area contributed by atoms with E-state index in [9.17, 15) is 0 Å². The molecule has 0 fully saturated rings. The standard InChI is InChI=1S/C16H14N4/c1-16(2)12-5-6-13-11(4-3-7-17-13)14(12)20-15(16)10-8-18-19-9-10/h3-9H,1-2H3,(H,18,19). The highest BCUT2D eigenvalue weighted by Crippen LogP contribution is 2.45. The normalized spacial score (nSPS) is 16.2. The predicted molar refractivity (Wildman–Crippen MR) is 79.6 cm³/mol. The van der Waals surface area contributed by atoms with Crippen molar-refractivity contribution >= 4 is 22.3 Å². The lowest BCUT2D eigenvalue weighted by atomic mass is 9.79. The maximum Gasteiger partial charge on any atom is 0.0769 e. The van der Waals surface area contributed by atoms with E-state index < -0.39 is 0 Å². The van der Waals surface area contributed by atoms with Crippen molar-refractivity contribution in [2.24, 2.45) is 4.99 Å². The molecule has 3 heterocycles. The Labute approximate surface area is 116 Å². The number of aliphatic imine (C=N–C) groups is 1. The van der Waals surface area contributed by atoms with Crippen LogP contribution in [-0.4, -0.2) is 20.9 Å². The average molecular weight is 262 g/mol. The van der Waals surface area contributed by atoms with E-state index in [1.54, 1.807) is 0 Å². The van der Waals surface area contributed by atoms with Crippen LogP contribution < -0.4 is 0 Å². The highest BCUT2D eigenvalue weighted by Gasteiger charge is 2.36. The SMILES string of the molecule is CC1(C)C(c2cn[nH]c2)=Nc2c1ccc1ncccc21. The maximum absolute atomic E-state index is 4.89. The van der Waals surface area contributed by atoms with E-state index in [-0.39, 0.29) is 5.41 Å². The molecule has 0 saturated heterocycles. The minimum atomic E-state index is -0.122. The summed E-state index contributed by atoms with van der Waals surface area (Å²) in [6, 6.07) is 8.25. The summed E-state index contributed by atoms with van der Waals surface area (Å²) in [4.78, 5) is 9.30. The lowest BCUT2D eigenvalue weighted by Gasteiger charge is -2.21. The van der Waals surface area contributed by atoms with Crippen molar-refractivity contribution < 1.29 is 0 Å². The van der Waals surface area contributed by atoms with E-state index in [0.717, 1.165) is 27.9 Å². The van der Waals surface area contributed by atoms with E-state index in [0.29, 0.717) is 0 Å². The summed E-state index contributed by atoms with van der Waals surface area (Å²) < 4.78 is 0. The smallest absolute Gasteiger partial charge is 0.0769 e. The van der Waals surface area contributed by atoms with Gasteiger partial charge >= 0.3 is 0 Å². The quantitative estimate of drug-likeness (QED) is 0.731. The Morgan fingerprint density at radius 3 is 2.85 bits per heavy atom. The van der Waals surface area contributed by atoms with Crippen LogP contribution in [0.4, 0.5) is 5.69 Å². The van der Waals surface area contributed by atoms with E-state index >= 15 is 0 Å². The second-order valence-corrected chi connectivity index (χ2v) is 5.60. The molecule has 0 spiro atoms. The van der Waals surface area contributed by atoms with Crippen molar-refractivity contribution in [2.45, 2.75) is 19.3 Å². The highest BCUT2D eigenvalue weighted by atomic mass is 15.1. The molecule has 0 unspecified atom stereocenters. The molecule has 0 aliphatic carbocycles. The molecule has 3 aromatic rings. The molecule has 0 amide bonds. The number of nitrogens with one attached hydrogen (secondary N) is 1. The number of H-pyrrole nitrogens is 1. The minimum Gasteiger partial charge on any atom is -0.285 e. The van der Waals surface area contributed by atoms with Crippen molar-refractivity contribution in [3.05, 3.63) is 54.0 Å². The predicted octanol–water partition coefficient (Wildman–Crippen LogP) is 3.37. The summed E-state index contributed by atoms with van der Waals surface area (Å²) in [6.07, 6.45) is 5.54. The summed E-state index contributed by atoms with van der Waals surface area (Å²) in [5, 5.41) is 8.01. The van der Waals surface area contributed by atoms with E-state index in [4.69, 9.17) is 4.99 Å². The van der Waals surface area contributed by atoms with Gasteiger partial charge in [0.1, 0.15) is 0 Å². The monoisotopic (exact) mass is 262 g/mol. The number of aromatic nitrogens is 3. The van der Waals surface area contributed by atoms with Gasteiger partial charge in [0.25, 0.3) is 0 Å². The van der Waals surface area contributed by atoms with Crippen LogP contribution in [0.1, 0.15) is 25.0 Å². The van der Waals surface area contributed by atoms with Gasteiger partial charge in [-0.25, -0.2) is 0 Å². The van der Waals surface area contributed by atoms with Crippen LogP contribution in [0.5, 0.6) is 0 Å². The van der Waals surface area contributed by atoms with Crippen molar-refractivity contribution in [2.75, 3.05) is 0 Å². The van der Waals surface area contributed by atoms with Gasteiger partial charge in [-0.1, -0.05) is 19.9 Å². The van der Waals surface area contributed by atoms with Crippen LogP contribution in [0.3, 0.4) is 0 Å². The molecule has 98 valence electrons. The molecule has 0 bridgehead atoms. The summed E-state index contributed by atoms with van der Waals surface area (Å²) in [6.45, 7) is 4.40. The lowest BCUT2D eigenvalue weighted by Crippen LogP contribution is -2.25. The molecular weight excluding hydrogens is 248 g/mol. The number of benzene rings is 1. The maximum atomic E-state index is 4.89. The zero-order valence-electron chi connectivity index (χ0n) is 11.4. The van der Waals surface area contributed by atoms with E-state index in [1.165, 1.54) is 5.56 Å². The van der Waals surface area contributed by atoms with Crippen molar-refractivity contribution in [1.29, 1.82) is 0 Å². The van der Waals surface area contributed by atoms with Gasteiger partial charge in [0.05, 0.1) is 23.1 Å². The van der Waals surface area contributed by atoms with Gasteiger partial charge < -0.3 is 0 Å². The number of hydrogen-bond donors (Lipinski definition) is 1.